The highest BCUT2D eigenvalue weighted by Crippen LogP contribution is 2.21. The number of hydrogen-bond acceptors (Lipinski definition) is 3. The lowest BCUT2D eigenvalue weighted by atomic mass is 10.1. The highest BCUT2D eigenvalue weighted by atomic mass is 16.5. The molecular weight excluding hydrogens is 240 g/mol. The Morgan fingerprint density at radius 1 is 1.47 bits per heavy atom. The molecule has 1 amide bonds. The number of ether oxygens (including phenoxy) is 1. The van der Waals surface area contributed by atoms with E-state index in [1.807, 2.05) is 39.0 Å². The van der Waals surface area contributed by atoms with Crippen LogP contribution in [0.1, 0.15) is 38.7 Å². The van der Waals surface area contributed by atoms with Gasteiger partial charge in [0.25, 0.3) is 0 Å². The summed E-state index contributed by atoms with van der Waals surface area (Å²) >= 11 is 0. The summed E-state index contributed by atoms with van der Waals surface area (Å²) < 4.78 is 5.41. The molecule has 0 radical (unpaired) electrons. The lowest BCUT2D eigenvalue weighted by molar-refractivity contribution is -0.116. The Hall–Kier alpha value is -1.55. The summed E-state index contributed by atoms with van der Waals surface area (Å²) in [7, 11) is 0. The molecule has 106 valence electrons. The van der Waals surface area contributed by atoms with E-state index in [4.69, 9.17) is 10.5 Å². The van der Waals surface area contributed by atoms with Gasteiger partial charge in [-0.05, 0) is 57.4 Å². The van der Waals surface area contributed by atoms with Gasteiger partial charge in [0, 0.05) is 18.2 Å². The maximum atomic E-state index is 11.8. The molecule has 1 aromatic rings. The van der Waals surface area contributed by atoms with Gasteiger partial charge in [-0.15, -0.1) is 0 Å². The van der Waals surface area contributed by atoms with Gasteiger partial charge in [-0.1, -0.05) is 0 Å². The molecule has 1 aromatic carbocycles. The van der Waals surface area contributed by atoms with E-state index in [1.165, 1.54) is 0 Å². The topological polar surface area (TPSA) is 64.3 Å². The van der Waals surface area contributed by atoms with Crippen molar-refractivity contribution in [1.29, 1.82) is 0 Å². The van der Waals surface area contributed by atoms with Crippen LogP contribution in [0.3, 0.4) is 0 Å². The Morgan fingerprint density at radius 2 is 2.21 bits per heavy atom. The zero-order chi connectivity index (χ0) is 14.3. The monoisotopic (exact) mass is 264 g/mol. The molecule has 19 heavy (non-hydrogen) atoms. The number of anilines is 1. The van der Waals surface area contributed by atoms with Crippen molar-refractivity contribution in [3.05, 3.63) is 23.8 Å². The average Bonchev–Trinajstić information content (AvgIpc) is 2.32. The van der Waals surface area contributed by atoms with Crippen LogP contribution in [0.4, 0.5) is 5.69 Å². The number of amides is 1. The van der Waals surface area contributed by atoms with Crippen molar-refractivity contribution >= 4 is 11.6 Å². The molecule has 0 aliphatic carbocycles. The Bertz CT molecular complexity index is 417. The van der Waals surface area contributed by atoms with Gasteiger partial charge in [-0.3, -0.25) is 4.79 Å². The normalized spacial score (nSPS) is 12.0. The second-order valence-electron chi connectivity index (χ2n) is 4.83. The molecule has 3 N–H and O–H groups in total. The van der Waals surface area contributed by atoms with E-state index in [0.717, 1.165) is 29.8 Å². The van der Waals surface area contributed by atoms with Crippen molar-refractivity contribution in [1.82, 2.24) is 0 Å². The first kappa shape index (κ1) is 15.5. The molecule has 1 unspecified atom stereocenters. The summed E-state index contributed by atoms with van der Waals surface area (Å²) in [6, 6.07) is 5.83. The molecule has 4 heteroatoms. The van der Waals surface area contributed by atoms with Crippen LogP contribution in [0.5, 0.6) is 5.75 Å². The molecule has 0 aliphatic heterocycles. The molecule has 0 bridgehead atoms. The van der Waals surface area contributed by atoms with Gasteiger partial charge < -0.3 is 15.8 Å². The largest absolute Gasteiger partial charge is 0.494 e. The molecule has 0 aromatic heterocycles. The third-order valence-electron chi connectivity index (χ3n) is 2.85. The van der Waals surface area contributed by atoms with Gasteiger partial charge in [0.15, 0.2) is 0 Å². The first-order valence-corrected chi connectivity index (χ1v) is 6.81. The summed E-state index contributed by atoms with van der Waals surface area (Å²) in [5.74, 6) is 0.864. The van der Waals surface area contributed by atoms with Gasteiger partial charge in [0.1, 0.15) is 5.75 Å². The number of aryl methyl sites for hydroxylation is 1. The average molecular weight is 264 g/mol. The van der Waals surface area contributed by atoms with Gasteiger partial charge in [-0.2, -0.15) is 0 Å². The third kappa shape index (κ3) is 5.75. The van der Waals surface area contributed by atoms with E-state index in [-0.39, 0.29) is 11.9 Å². The molecule has 0 fully saturated rings. The minimum Gasteiger partial charge on any atom is -0.494 e. The number of nitrogens with two attached hydrogens (primary N) is 1. The molecule has 1 atom stereocenters. The van der Waals surface area contributed by atoms with Crippen molar-refractivity contribution in [3.8, 4) is 5.75 Å². The highest BCUT2D eigenvalue weighted by molar-refractivity contribution is 5.91. The van der Waals surface area contributed by atoms with Crippen molar-refractivity contribution in [2.24, 2.45) is 5.73 Å². The van der Waals surface area contributed by atoms with E-state index in [9.17, 15) is 4.79 Å². The van der Waals surface area contributed by atoms with Gasteiger partial charge in [0.2, 0.25) is 5.91 Å². The van der Waals surface area contributed by atoms with Crippen LogP contribution in [0, 0.1) is 6.92 Å². The predicted octanol–water partition coefficient (Wildman–Crippen LogP) is 2.85. The number of carbonyl (C=O) groups excluding carboxylic acids is 1. The number of nitrogens with one attached hydrogen (secondary N) is 1. The second kappa shape index (κ2) is 7.79. The van der Waals surface area contributed by atoms with Crippen LogP contribution < -0.4 is 15.8 Å². The SMILES string of the molecule is CCOc1ccc(NC(=O)CCCC(C)N)c(C)c1. The third-order valence-corrected chi connectivity index (χ3v) is 2.85. The molecule has 0 heterocycles. The van der Waals surface area contributed by atoms with Crippen molar-refractivity contribution in [2.45, 2.75) is 46.1 Å². The minimum atomic E-state index is 0.0351. The summed E-state index contributed by atoms with van der Waals surface area (Å²) in [4.78, 5) is 11.8. The van der Waals surface area contributed by atoms with Crippen LogP contribution in [0.15, 0.2) is 18.2 Å². The summed E-state index contributed by atoms with van der Waals surface area (Å²) in [5.41, 5.74) is 7.50. The Morgan fingerprint density at radius 3 is 2.79 bits per heavy atom. The van der Waals surface area contributed by atoms with Crippen LogP contribution in [-0.4, -0.2) is 18.6 Å². The Labute approximate surface area is 115 Å². The number of rotatable bonds is 7. The smallest absolute Gasteiger partial charge is 0.224 e. The molecule has 0 saturated carbocycles. The molecule has 0 aliphatic rings. The quantitative estimate of drug-likeness (QED) is 0.796. The maximum Gasteiger partial charge on any atom is 0.224 e. The summed E-state index contributed by atoms with van der Waals surface area (Å²) in [6.07, 6.45) is 2.20. The van der Waals surface area contributed by atoms with Crippen LogP contribution in [0.25, 0.3) is 0 Å². The lowest BCUT2D eigenvalue weighted by Gasteiger charge is -2.11. The first-order valence-electron chi connectivity index (χ1n) is 6.81. The fraction of sp³-hybridized carbons (Fsp3) is 0.533. The summed E-state index contributed by atoms with van der Waals surface area (Å²) in [5, 5.41) is 2.92. The van der Waals surface area contributed by atoms with Gasteiger partial charge in [0.05, 0.1) is 6.61 Å². The molecular formula is C15H24N2O2. The fourth-order valence-corrected chi connectivity index (χ4v) is 1.83. The zero-order valence-corrected chi connectivity index (χ0v) is 12.0. The molecule has 1 rings (SSSR count). The lowest BCUT2D eigenvalue weighted by Crippen LogP contribution is -2.17. The predicted molar refractivity (Wildman–Crippen MR) is 78.5 cm³/mol. The second-order valence-corrected chi connectivity index (χ2v) is 4.83. The molecule has 0 spiro atoms. The standard InChI is InChI=1S/C15H24N2O2/c1-4-19-13-8-9-14(11(2)10-13)17-15(18)7-5-6-12(3)16/h8-10,12H,4-7,16H2,1-3H3,(H,17,18). The Balaban J connectivity index is 2.50. The molecule has 4 nitrogen and oxygen atoms in total. The van der Waals surface area contributed by atoms with Crippen molar-refractivity contribution in [2.75, 3.05) is 11.9 Å². The van der Waals surface area contributed by atoms with E-state index >= 15 is 0 Å². The van der Waals surface area contributed by atoms with E-state index in [2.05, 4.69) is 5.32 Å². The Kier molecular flexibility index (Phi) is 6.36. The van der Waals surface area contributed by atoms with Gasteiger partial charge in [-0.25, -0.2) is 0 Å². The summed E-state index contributed by atoms with van der Waals surface area (Å²) in [6.45, 7) is 6.50. The highest BCUT2D eigenvalue weighted by Gasteiger charge is 2.06. The number of carbonyl (C=O) groups is 1. The number of hydrogen-bond donors (Lipinski definition) is 2. The minimum absolute atomic E-state index is 0.0351. The molecule has 0 saturated heterocycles. The maximum absolute atomic E-state index is 11.8. The van der Waals surface area contributed by atoms with E-state index in [0.29, 0.717) is 13.0 Å². The fourth-order valence-electron chi connectivity index (χ4n) is 1.83. The van der Waals surface area contributed by atoms with Crippen LogP contribution in [0.2, 0.25) is 0 Å². The van der Waals surface area contributed by atoms with E-state index in [1.54, 1.807) is 0 Å². The van der Waals surface area contributed by atoms with Gasteiger partial charge >= 0.3 is 0 Å². The zero-order valence-electron chi connectivity index (χ0n) is 12.0. The number of benzene rings is 1. The van der Waals surface area contributed by atoms with E-state index < -0.39 is 0 Å². The first-order chi connectivity index (χ1) is 9.02. The van der Waals surface area contributed by atoms with Crippen molar-refractivity contribution in [3.63, 3.8) is 0 Å². The van der Waals surface area contributed by atoms with Crippen molar-refractivity contribution < 1.29 is 9.53 Å². The van der Waals surface area contributed by atoms with Crippen LogP contribution in [-0.2, 0) is 4.79 Å². The van der Waals surface area contributed by atoms with Crippen LogP contribution >= 0.6 is 0 Å².